The molecule has 0 spiro atoms. The van der Waals surface area contributed by atoms with E-state index in [1.807, 2.05) is 0 Å². The molecule has 184 valence electrons. The zero-order valence-corrected chi connectivity index (χ0v) is 20.3. The number of hydrogen-bond acceptors (Lipinski definition) is 6. The third-order valence-electron chi connectivity index (χ3n) is 7.25. The van der Waals surface area contributed by atoms with Gasteiger partial charge in [-0.2, -0.15) is 14.0 Å². The molecule has 1 aromatic carbocycles. The van der Waals surface area contributed by atoms with Crippen molar-refractivity contribution in [2.45, 2.75) is 51.3 Å². The zero-order chi connectivity index (χ0) is 25.3. The fourth-order valence-corrected chi connectivity index (χ4v) is 4.91. The van der Waals surface area contributed by atoms with Crippen molar-refractivity contribution in [3.8, 4) is 11.8 Å². The number of nitrogens with one attached hydrogen (secondary N) is 1. The van der Waals surface area contributed by atoms with Gasteiger partial charge in [-0.25, -0.2) is 4.98 Å². The average molecular weight is 482 g/mol. The Labute approximate surface area is 203 Å². The SMILES string of the molecule is CC[C@@H]1CN(c2cc(C#N)nc3ccc(=O)n(C)c23)[C@@](C)(C(C)c2ccc(OC(F)F)cc2)CN1. The number of hydrogen-bond donors (Lipinski definition) is 1. The Hall–Kier alpha value is -3.51. The summed E-state index contributed by atoms with van der Waals surface area (Å²) in [6, 6.07) is 13.9. The van der Waals surface area contributed by atoms with E-state index >= 15 is 0 Å². The van der Waals surface area contributed by atoms with Gasteiger partial charge in [0.1, 0.15) is 17.5 Å². The first-order chi connectivity index (χ1) is 16.7. The molecule has 3 heterocycles. The summed E-state index contributed by atoms with van der Waals surface area (Å²) < 4.78 is 31.3. The minimum Gasteiger partial charge on any atom is -0.435 e. The number of piperazine rings is 1. The largest absolute Gasteiger partial charge is 0.435 e. The number of aromatic nitrogens is 2. The number of benzene rings is 1. The molecule has 35 heavy (non-hydrogen) atoms. The third kappa shape index (κ3) is 4.58. The van der Waals surface area contributed by atoms with Crippen LogP contribution in [0.1, 0.15) is 44.4 Å². The van der Waals surface area contributed by atoms with Gasteiger partial charge in [0.2, 0.25) is 0 Å². The quantitative estimate of drug-likeness (QED) is 0.569. The van der Waals surface area contributed by atoms with Gasteiger partial charge in [-0.05, 0) is 37.1 Å². The van der Waals surface area contributed by atoms with E-state index in [1.165, 1.54) is 6.07 Å². The zero-order valence-electron chi connectivity index (χ0n) is 20.3. The standard InChI is InChI=1S/C26H29F2N5O2/c1-5-18-14-33(22-12-19(13-29)31-21-10-11-23(34)32(4)24(21)22)26(3,15-30-18)16(2)17-6-8-20(9-7-17)35-25(27)28/h6-12,16,18,25,30H,5,14-15H2,1-4H3/t16?,18-,26-/m1/s1. The van der Waals surface area contributed by atoms with Crippen LogP contribution < -0.4 is 20.5 Å². The number of rotatable bonds is 6. The number of alkyl halides is 2. The molecule has 1 N–H and O–H groups in total. The molecule has 0 radical (unpaired) electrons. The van der Waals surface area contributed by atoms with Crippen molar-refractivity contribution in [2.75, 3.05) is 18.0 Å². The number of halogens is 2. The molecule has 1 saturated heterocycles. The lowest BCUT2D eigenvalue weighted by molar-refractivity contribution is -0.0498. The number of aryl methyl sites for hydroxylation is 1. The Bertz CT molecular complexity index is 1320. The van der Waals surface area contributed by atoms with Crippen molar-refractivity contribution >= 4 is 16.7 Å². The summed E-state index contributed by atoms with van der Waals surface area (Å²) >= 11 is 0. The van der Waals surface area contributed by atoms with Crippen molar-refractivity contribution in [2.24, 2.45) is 7.05 Å². The highest BCUT2D eigenvalue weighted by Crippen LogP contribution is 2.41. The molecule has 4 rings (SSSR count). The molecular weight excluding hydrogens is 452 g/mol. The lowest BCUT2D eigenvalue weighted by atomic mass is 9.78. The van der Waals surface area contributed by atoms with Crippen LogP contribution in [-0.4, -0.2) is 40.8 Å². The summed E-state index contributed by atoms with van der Waals surface area (Å²) in [7, 11) is 1.71. The van der Waals surface area contributed by atoms with Crippen LogP contribution in [0.5, 0.6) is 5.75 Å². The lowest BCUT2D eigenvalue weighted by Crippen LogP contribution is -2.65. The van der Waals surface area contributed by atoms with E-state index in [0.717, 1.165) is 17.7 Å². The van der Waals surface area contributed by atoms with Gasteiger partial charge in [-0.3, -0.25) is 4.79 Å². The van der Waals surface area contributed by atoms with E-state index in [-0.39, 0.29) is 29.0 Å². The van der Waals surface area contributed by atoms with Gasteiger partial charge in [0.25, 0.3) is 5.56 Å². The topological polar surface area (TPSA) is 83.2 Å². The maximum absolute atomic E-state index is 12.6. The van der Waals surface area contributed by atoms with E-state index in [2.05, 4.69) is 46.8 Å². The molecule has 1 unspecified atom stereocenters. The highest BCUT2D eigenvalue weighted by Gasteiger charge is 2.43. The van der Waals surface area contributed by atoms with Gasteiger partial charge in [-0.15, -0.1) is 0 Å². The van der Waals surface area contributed by atoms with Crippen LogP contribution >= 0.6 is 0 Å². The van der Waals surface area contributed by atoms with E-state index in [4.69, 9.17) is 0 Å². The van der Waals surface area contributed by atoms with Crippen molar-refractivity contribution in [1.82, 2.24) is 14.9 Å². The second kappa shape index (κ2) is 9.62. The predicted octanol–water partition coefficient (Wildman–Crippen LogP) is 4.16. The first-order valence-corrected chi connectivity index (χ1v) is 11.6. The van der Waals surface area contributed by atoms with Crippen LogP contribution in [0.15, 0.2) is 47.3 Å². The molecule has 1 aliphatic heterocycles. The third-order valence-corrected chi connectivity index (χ3v) is 7.25. The Morgan fingerprint density at radius 2 is 2.00 bits per heavy atom. The molecule has 7 nitrogen and oxygen atoms in total. The van der Waals surface area contributed by atoms with Crippen molar-refractivity contribution < 1.29 is 13.5 Å². The summed E-state index contributed by atoms with van der Waals surface area (Å²) in [5.74, 6) is 0.0717. The van der Waals surface area contributed by atoms with Gasteiger partial charge in [-0.1, -0.05) is 26.0 Å². The molecule has 0 bridgehead atoms. The Balaban J connectivity index is 1.85. The van der Waals surface area contributed by atoms with Gasteiger partial charge in [0, 0.05) is 44.2 Å². The van der Waals surface area contributed by atoms with Crippen LogP contribution in [-0.2, 0) is 7.05 Å². The number of fused-ring (bicyclic) bond motifs is 1. The summed E-state index contributed by atoms with van der Waals surface area (Å²) in [5.41, 5.74) is 2.65. The highest BCUT2D eigenvalue weighted by molar-refractivity contribution is 5.90. The summed E-state index contributed by atoms with van der Waals surface area (Å²) in [6.07, 6.45) is 0.910. The van der Waals surface area contributed by atoms with Crippen molar-refractivity contribution in [1.29, 1.82) is 5.26 Å². The highest BCUT2D eigenvalue weighted by atomic mass is 19.3. The molecule has 0 amide bonds. The Morgan fingerprint density at radius 1 is 1.29 bits per heavy atom. The number of anilines is 1. The summed E-state index contributed by atoms with van der Waals surface area (Å²) in [4.78, 5) is 19.3. The van der Waals surface area contributed by atoms with Crippen LogP contribution in [0.25, 0.3) is 11.0 Å². The van der Waals surface area contributed by atoms with Crippen molar-refractivity contribution in [3.05, 3.63) is 64.1 Å². The molecule has 1 fully saturated rings. The maximum atomic E-state index is 12.6. The number of ether oxygens (including phenoxy) is 1. The molecule has 9 heteroatoms. The van der Waals surface area contributed by atoms with Gasteiger partial charge < -0.3 is 19.5 Å². The van der Waals surface area contributed by atoms with Crippen LogP contribution in [0.4, 0.5) is 14.5 Å². The second-order valence-corrected chi connectivity index (χ2v) is 9.23. The fourth-order valence-electron chi connectivity index (χ4n) is 4.91. The smallest absolute Gasteiger partial charge is 0.387 e. The minimum absolute atomic E-state index is 0.0390. The number of nitriles is 1. The summed E-state index contributed by atoms with van der Waals surface area (Å²) in [5, 5.41) is 13.3. The molecule has 0 saturated carbocycles. The molecular formula is C26H29F2N5O2. The molecule has 3 atom stereocenters. The average Bonchev–Trinajstić information content (AvgIpc) is 2.85. The van der Waals surface area contributed by atoms with Crippen molar-refractivity contribution in [3.63, 3.8) is 0 Å². The van der Waals surface area contributed by atoms with Crippen LogP contribution in [0, 0.1) is 11.3 Å². The maximum Gasteiger partial charge on any atom is 0.387 e. The number of pyridine rings is 2. The molecule has 1 aliphatic rings. The first kappa shape index (κ1) is 24.6. The van der Waals surface area contributed by atoms with E-state index in [1.54, 1.807) is 48.0 Å². The monoisotopic (exact) mass is 481 g/mol. The second-order valence-electron chi connectivity index (χ2n) is 9.23. The fraction of sp³-hybridized carbons (Fsp3) is 0.423. The van der Waals surface area contributed by atoms with Gasteiger partial charge >= 0.3 is 6.61 Å². The lowest BCUT2D eigenvalue weighted by Gasteiger charge is -2.53. The van der Waals surface area contributed by atoms with E-state index < -0.39 is 12.2 Å². The van der Waals surface area contributed by atoms with Crippen LogP contribution in [0.2, 0.25) is 0 Å². The number of nitrogens with zero attached hydrogens (tertiary/aromatic N) is 4. The Kier molecular flexibility index (Phi) is 6.77. The normalized spacial score (nSPS) is 21.2. The van der Waals surface area contributed by atoms with Gasteiger partial charge in [0.15, 0.2) is 0 Å². The molecule has 0 aliphatic carbocycles. The summed E-state index contributed by atoms with van der Waals surface area (Å²) in [6.45, 7) is 4.79. The van der Waals surface area contributed by atoms with Crippen LogP contribution in [0.3, 0.4) is 0 Å². The molecule has 3 aromatic rings. The first-order valence-electron chi connectivity index (χ1n) is 11.6. The predicted molar refractivity (Wildman–Crippen MR) is 131 cm³/mol. The van der Waals surface area contributed by atoms with Gasteiger partial charge in [0.05, 0.1) is 22.3 Å². The van der Waals surface area contributed by atoms with E-state index in [0.29, 0.717) is 24.1 Å². The molecule has 2 aromatic heterocycles. The minimum atomic E-state index is -2.87. The Morgan fingerprint density at radius 3 is 2.63 bits per heavy atom. The van der Waals surface area contributed by atoms with E-state index in [9.17, 15) is 18.8 Å².